The molecular formula is C14H17BrFN3. The van der Waals surface area contributed by atoms with E-state index in [1.165, 1.54) is 6.07 Å². The third kappa shape index (κ3) is 2.87. The summed E-state index contributed by atoms with van der Waals surface area (Å²) in [4.78, 5) is 0. The van der Waals surface area contributed by atoms with Gasteiger partial charge < -0.3 is 5.73 Å². The molecule has 2 rings (SSSR count). The number of halogens is 2. The molecule has 0 aliphatic rings. The fourth-order valence-electron chi connectivity index (χ4n) is 2.17. The van der Waals surface area contributed by atoms with Crippen LogP contribution in [0.3, 0.4) is 0 Å². The lowest BCUT2D eigenvalue weighted by Crippen LogP contribution is -2.17. The van der Waals surface area contributed by atoms with Gasteiger partial charge in [-0.05, 0) is 35.8 Å². The lowest BCUT2D eigenvalue weighted by molar-refractivity contribution is 0.567. The predicted octanol–water partition coefficient (Wildman–Crippen LogP) is 3.18. The zero-order valence-electron chi connectivity index (χ0n) is 11.2. The first-order valence-corrected chi connectivity index (χ1v) is 6.89. The first-order valence-electron chi connectivity index (χ1n) is 6.09. The molecule has 0 spiro atoms. The molecule has 2 N–H and O–H groups in total. The Morgan fingerprint density at radius 2 is 2.11 bits per heavy atom. The summed E-state index contributed by atoms with van der Waals surface area (Å²) in [6.07, 6.45) is 0.540. The van der Waals surface area contributed by atoms with Gasteiger partial charge in [0.2, 0.25) is 0 Å². The quantitative estimate of drug-likeness (QED) is 0.941. The SMILES string of the molecule is Cc1ccc(F)c(C(N)Cc2c(Br)c(C)nn2C)c1. The highest BCUT2D eigenvalue weighted by Gasteiger charge is 2.17. The van der Waals surface area contributed by atoms with Crippen LogP contribution in [0.1, 0.15) is 28.6 Å². The van der Waals surface area contributed by atoms with Crippen LogP contribution in [0.2, 0.25) is 0 Å². The molecule has 1 unspecified atom stereocenters. The number of hydrogen-bond donors (Lipinski definition) is 1. The summed E-state index contributed by atoms with van der Waals surface area (Å²) in [5.74, 6) is -0.256. The van der Waals surface area contributed by atoms with Crippen molar-refractivity contribution in [1.82, 2.24) is 9.78 Å². The summed E-state index contributed by atoms with van der Waals surface area (Å²) >= 11 is 3.50. The summed E-state index contributed by atoms with van der Waals surface area (Å²) in [5, 5.41) is 4.32. The minimum atomic E-state index is -0.383. The van der Waals surface area contributed by atoms with E-state index in [0.717, 1.165) is 21.4 Å². The van der Waals surface area contributed by atoms with Crippen LogP contribution >= 0.6 is 15.9 Å². The van der Waals surface area contributed by atoms with Crippen LogP contribution in [0, 0.1) is 19.7 Å². The topological polar surface area (TPSA) is 43.8 Å². The highest BCUT2D eigenvalue weighted by Crippen LogP contribution is 2.26. The zero-order chi connectivity index (χ0) is 14.2. The van der Waals surface area contributed by atoms with Crippen molar-refractivity contribution < 1.29 is 4.39 Å². The van der Waals surface area contributed by atoms with Gasteiger partial charge in [0.25, 0.3) is 0 Å². The van der Waals surface area contributed by atoms with Crippen LogP contribution < -0.4 is 5.73 Å². The van der Waals surface area contributed by atoms with Gasteiger partial charge in [0.1, 0.15) is 5.82 Å². The van der Waals surface area contributed by atoms with Gasteiger partial charge in [-0.15, -0.1) is 0 Å². The molecule has 0 saturated carbocycles. The van der Waals surface area contributed by atoms with Gasteiger partial charge in [-0.1, -0.05) is 17.7 Å². The molecule has 3 nitrogen and oxygen atoms in total. The maximum absolute atomic E-state index is 13.8. The Labute approximate surface area is 120 Å². The second-order valence-corrected chi connectivity index (χ2v) is 5.60. The standard InChI is InChI=1S/C14H17BrFN3/c1-8-4-5-11(16)10(6-8)12(17)7-13-14(15)9(2)18-19(13)3/h4-6,12H,7,17H2,1-3H3. The van der Waals surface area contributed by atoms with E-state index in [1.807, 2.05) is 20.9 Å². The highest BCUT2D eigenvalue weighted by molar-refractivity contribution is 9.10. The summed E-state index contributed by atoms with van der Waals surface area (Å²) < 4.78 is 16.5. The molecular weight excluding hydrogens is 309 g/mol. The van der Waals surface area contributed by atoms with Crippen molar-refractivity contribution in [3.05, 3.63) is 51.0 Å². The third-order valence-electron chi connectivity index (χ3n) is 3.23. The van der Waals surface area contributed by atoms with Crippen molar-refractivity contribution in [2.24, 2.45) is 12.8 Å². The summed E-state index contributed by atoms with van der Waals surface area (Å²) in [7, 11) is 1.87. The van der Waals surface area contributed by atoms with Gasteiger partial charge in [-0.3, -0.25) is 4.68 Å². The fourth-order valence-corrected chi connectivity index (χ4v) is 2.67. The van der Waals surface area contributed by atoms with Crippen molar-refractivity contribution in [1.29, 1.82) is 0 Å². The number of aryl methyl sites for hydroxylation is 3. The average molecular weight is 326 g/mol. The molecule has 0 aliphatic carbocycles. The second kappa shape index (κ2) is 5.43. The molecule has 2 aromatic rings. The number of rotatable bonds is 3. The number of nitrogens with zero attached hydrogens (tertiary/aromatic N) is 2. The number of hydrogen-bond acceptors (Lipinski definition) is 2. The van der Waals surface area contributed by atoms with Gasteiger partial charge in [-0.25, -0.2) is 4.39 Å². The molecule has 102 valence electrons. The Morgan fingerprint density at radius 3 is 2.68 bits per heavy atom. The molecule has 1 heterocycles. The molecule has 1 atom stereocenters. The Hall–Kier alpha value is -1.20. The minimum Gasteiger partial charge on any atom is -0.324 e. The minimum absolute atomic E-state index is 0.256. The van der Waals surface area contributed by atoms with Gasteiger partial charge >= 0.3 is 0 Å². The number of aromatic nitrogens is 2. The molecule has 19 heavy (non-hydrogen) atoms. The number of nitrogens with two attached hydrogens (primary N) is 1. The molecule has 5 heteroatoms. The largest absolute Gasteiger partial charge is 0.324 e. The lowest BCUT2D eigenvalue weighted by atomic mass is 10.0. The molecule has 0 amide bonds. The van der Waals surface area contributed by atoms with E-state index >= 15 is 0 Å². The highest BCUT2D eigenvalue weighted by atomic mass is 79.9. The van der Waals surface area contributed by atoms with Crippen LogP contribution in [0.4, 0.5) is 4.39 Å². The van der Waals surface area contributed by atoms with Crippen molar-refractivity contribution in [3.8, 4) is 0 Å². The Morgan fingerprint density at radius 1 is 1.42 bits per heavy atom. The Kier molecular flexibility index (Phi) is 4.06. The fraction of sp³-hybridized carbons (Fsp3) is 0.357. The molecule has 0 saturated heterocycles. The summed E-state index contributed by atoms with van der Waals surface area (Å²) in [6, 6.07) is 4.63. The van der Waals surface area contributed by atoms with E-state index < -0.39 is 0 Å². The average Bonchev–Trinajstić information content (AvgIpc) is 2.59. The molecule has 0 bridgehead atoms. The maximum atomic E-state index is 13.8. The smallest absolute Gasteiger partial charge is 0.128 e. The van der Waals surface area contributed by atoms with E-state index in [0.29, 0.717) is 12.0 Å². The molecule has 1 aromatic carbocycles. The molecule has 1 aromatic heterocycles. The third-order valence-corrected chi connectivity index (χ3v) is 4.26. The van der Waals surface area contributed by atoms with Gasteiger partial charge in [0.15, 0.2) is 0 Å². The zero-order valence-corrected chi connectivity index (χ0v) is 12.8. The monoisotopic (exact) mass is 325 g/mol. The van der Waals surface area contributed by atoms with Crippen LogP contribution in [-0.4, -0.2) is 9.78 Å². The first kappa shape index (κ1) is 14.2. The normalized spacial score (nSPS) is 12.7. The van der Waals surface area contributed by atoms with E-state index in [2.05, 4.69) is 21.0 Å². The van der Waals surface area contributed by atoms with Gasteiger partial charge in [0, 0.05) is 25.1 Å². The van der Waals surface area contributed by atoms with Crippen LogP contribution in [0.5, 0.6) is 0 Å². The van der Waals surface area contributed by atoms with E-state index in [4.69, 9.17) is 5.73 Å². The molecule has 0 radical (unpaired) electrons. The van der Waals surface area contributed by atoms with Crippen LogP contribution in [-0.2, 0) is 13.5 Å². The first-order chi connectivity index (χ1) is 8.90. The van der Waals surface area contributed by atoms with Crippen molar-refractivity contribution in [2.45, 2.75) is 26.3 Å². The summed E-state index contributed by atoms with van der Waals surface area (Å²) in [6.45, 7) is 3.85. The Balaban J connectivity index is 2.30. The maximum Gasteiger partial charge on any atom is 0.128 e. The van der Waals surface area contributed by atoms with E-state index in [-0.39, 0.29) is 11.9 Å². The van der Waals surface area contributed by atoms with Crippen molar-refractivity contribution >= 4 is 15.9 Å². The van der Waals surface area contributed by atoms with Gasteiger partial charge in [-0.2, -0.15) is 5.10 Å². The van der Waals surface area contributed by atoms with Crippen LogP contribution in [0.15, 0.2) is 22.7 Å². The second-order valence-electron chi connectivity index (χ2n) is 4.81. The van der Waals surface area contributed by atoms with Crippen molar-refractivity contribution in [3.63, 3.8) is 0 Å². The summed E-state index contributed by atoms with van der Waals surface area (Å²) in [5.41, 5.74) is 9.58. The van der Waals surface area contributed by atoms with E-state index in [9.17, 15) is 4.39 Å². The molecule has 0 aliphatic heterocycles. The number of benzene rings is 1. The Bertz CT molecular complexity index is 607. The predicted molar refractivity (Wildman–Crippen MR) is 77.4 cm³/mol. The lowest BCUT2D eigenvalue weighted by Gasteiger charge is -2.14. The van der Waals surface area contributed by atoms with Crippen LogP contribution in [0.25, 0.3) is 0 Å². The van der Waals surface area contributed by atoms with Gasteiger partial charge in [0.05, 0.1) is 15.9 Å². The van der Waals surface area contributed by atoms with E-state index in [1.54, 1.807) is 16.8 Å². The van der Waals surface area contributed by atoms with Crippen molar-refractivity contribution in [2.75, 3.05) is 0 Å². The molecule has 0 fully saturated rings.